The van der Waals surface area contributed by atoms with E-state index in [-0.39, 0.29) is 23.8 Å². The lowest BCUT2D eigenvalue weighted by Gasteiger charge is -2.11. The van der Waals surface area contributed by atoms with Crippen molar-refractivity contribution >= 4 is 5.91 Å². The zero-order valence-electron chi connectivity index (χ0n) is 10.4. The molecule has 5 heteroatoms. The van der Waals surface area contributed by atoms with E-state index in [1.165, 1.54) is 12.1 Å². The minimum Gasteiger partial charge on any atom is -0.356 e. The number of benzene rings is 1. The topological polar surface area (TPSA) is 55.1 Å². The van der Waals surface area contributed by atoms with Crippen LogP contribution in [0, 0.1) is 17.6 Å². The molecule has 0 saturated heterocycles. The molecule has 18 heavy (non-hydrogen) atoms. The Morgan fingerprint density at radius 2 is 2.17 bits per heavy atom. The summed E-state index contributed by atoms with van der Waals surface area (Å²) in [5, 5.41) is 2.68. The van der Waals surface area contributed by atoms with Crippen molar-refractivity contribution in [1.29, 1.82) is 0 Å². The van der Waals surface area contributed by atoms with Gasteiger partial charge in [0.25, 0.3) is 0 Å². The number of nitrogens with one attached hydrogen (secondary N) is 1. The molecule has 0 aliphatic carbocycles. The van der Waals surface area contributed by atoms with Gasteiger partial charge in [-0.3, -0.25) is 4.79 Å². The smallest absolute Gasteiger partial charge is 0.224 e. The number of rotatable bonds is 6. The third kappa shape index (κ3) is 4.41. The predicted octanol–water partition coefficient (Wildman–Crippen LogP) is 1.61. The van der Waals surface area contributed by atoms with Gasteiger partial charge in [0.1, 0.15) is 0 Å². The molecule has 0 spiro atoms. The van der Waals surface area contributed by atoms with Crippen LogP contribution in [0.1, 0.15) is 18.9 Å². The molecule has 0 aromatic heterocycles. The lowest BCUT2D eigenvalue weighted by Crippen LogP contribution is -2.30. The first-order valence-corrected chi connectivity index (χ1v) is 5.94. The van der Waals surface area contributed by atoms with E-state index in [1.54, 1.807) is 0 Å². The number of halogens is 2. The second kappa shape index (κ2) is 7.06. The third-order valence-electron chi connectivity index (χ3n) is 2.69. The molecule has 1 aromatic rings. The molecule has 1 atom stereocenters. The van der Waals surface area contributed by atoms with Crippen molar-refractivity contribution in [2.75, 3.05) is 13.1 Å². The lowest BCUT2D eigenvalue weighted by atomic mass is 10.1. The van der Waals surface area contributed by atoms with Crippen LogP contribution in [0.5, 0.6) is 0 Å². The van der Waals surface area contributed by atoms with Crippen LogP contribution in [0.15, 0.2) is 18.2 Å². The van der Waals surface area contributed by atoms with Gasteiger partial charge in [-0.05, 0) is 24.9 Å². The highest BCUT2D eigenvalue weighted by Gasteiger charge is 2.12. The fourth-order valence-corrected chi connectivity index (χ4v) is 1.60. The molecule has 0 fully saturated rings. The number of amides is 1. The Morgan fingerprint density at radius 3 is 2.83 bits per heavy atom. The minimum absolute atomic E-state index is 0.0685. The van der Waals surface area contributed by atoms with Crippen molar-refractivity contribution in [2.24, 2.45) is 11.7 Å². The highest BCUT2D eigenvalue weighted by atomic mass is 19.2. The zero-order chi connectivity index (χ0) is 13.5. The van der Waals surface area contributed by atoms with Crippen LogP contribution < -0.4 is 11.1 Å². The summed E-state index contributed by atoms with van der Waals surface area (Å²) in [5.74, 6) is -1.93. The van der Waals surface area contributed by atoms with Crippen molar-refractivity contribution in [1.82, 2.24) is 5.32 Å². The Balaban J connectivity index is 2.47. The maximum absolute atomic E-state index is 13.3. The van der Waals surface area contributed by atoms with Gasteiger partial charge in [0.05, 0.1) is 6.42 Å². The summed E-state index contributed by atoms with van der Waals surface area (Å²) in [4.78, 5) is 11.6. The number of hydrogen-bond acceptors (Lipinski definition) is 2. The van der Waals surface area contributed by atoms with E-state index in [4.69, 9.17) is 5.73 Å². The molecule has 100 valence electrons. The Labute approximate surface area is 105 Å². The summed E-state index contributed by atoms with van der Waals surface area (Å²) in [6.07, 6.45) is 0.660. The highest BCUT2D eigenvalue weighted by molar-refractivity contribution is 5.78. The van der Waals surface area contributed by atoms with E-state index < -0.39 is 11.6 Å². The summed E-state index contributed by atoms with van der Waals surface area (Å²) >= 11 is 0. The molecule has 1 rings (SSSR count). The maximum atomic E-state index is 13.3. The summed E-state index contributed by atoms with van der Waals surface area (Å²) in [5.41, 5.74) is 5.46. The monoisotopic (exact) mass is 256 g/mol. The number of hydrogen-bond donors (Lipinski definition) is 2. The van der Waals surface area contributed by atoms with Crippen molar-refractivity contribution in [3.8, 4) is 0 Å². The van der Waals surface area contributed by atoms with E-state index in [1.807, 2.05) is 6.92 Å². The number of nitrogens with two attached hydrogens (primary N) is 1. The van der Waals surface area contributed by atoms with Crippen molar-refractivity contribution in [3.63, 3.8) is 0 Å². The van der Waals surface area contributed by atoms with Crippen LogP contribution in [-0.4, -0.2) is 19.0 Å². The van der Waals surface area contributed by atoms with Gasteiger partial charge in [-0.2, -0.15) is 0 Å². The van der Waals surface area contributed by atoms with Gasteiger partial charge < -0.3 is 11.1 Å². The van der Waals surface area contributed by atoms with E-state index >= 15 is 0 Å². The van der Waals surface area contributed by atoms with Crippen LogP contribution in [-0.2, 0) is 11.2 Å². The van der Waals surface area contributed by atoms with Crippen LogP contribution in [0.4, 0.5) is 8.78 Å². The number of carbonyl (C=O) groups excluding carboxylic acids is 1. The Hall–Kier alpha value is -1.49. The maximum Gasteiger partial charge on any atom is 0.224 e. The van der Waals surface area contributed by atoms with Gasteiger partial charge in [-0.1, -0.05) is 19.1 Å². The third-order valence-corrected chi connectivity index (χ3v) is 2.69. The Bertz CT molecular complexity index is 410. The number of carbonyl (C=O) groups is 1. The molecular formula is C13H18F2N2O. The largest absolute Gasteiger partial charge is 0.356 e. The molecule has 0 saturated carbocycles. The molecular weight excluding hydrogens is 238 g/mol. The Kier molecular flexibility index (Phi) is 5.71. The summed E-state index contributed by atoms with van der Waals surface area (Å²) in [6.45, 7) is 3.03. The summed E-state index contributed by atoms with van der Waals surface area (Å²) in [7, 11) is 0. The first-order chi connectivity index (χ1) is 8.54. The molecule has 0 radical (unpaired) electrons. The Morgan fingerprint density at radius 1 is 1.44 bits per heavy atom. The first kappa shape index (κ1) is 14.6. The summed E-state index contributed by atoms with van der Waals surface area (Å²) < 4.78 is 26.2. The van der Waals surface area contributed by atoms with Gasteiger partial charge in [0.15, 0.2) is 11.6 Å². The van der Waals surface area contributed by atoms with Gasteiger partial charge in [0.2, 0.25) is 5.91 Å². The van der Waals surface area contributed by atoms with Crippen molar-refractivity contribution < 1.29 is 13.6 Å². The van der Waals surface area contributed by atoms with Crippen LogP contribution >= 0.6 is 0 Å². The molecule has 1 unspecified atom stereocenters. The minimum atomic E-state index is -0.956. The van der Waals surface area contributed by atoms with Gasteiger partial charge in [-0.25, -0.2) is 8.78 Å². The first-order valence-electron chi connectivity index (χ1n) is 5.94. The zero-order valence-corrected chi connectivity index (χ0v) is 10.4. The average molecular weight is 256 g/mol. The van der Waals surface area contributed by atoms with Crippen LogP contribution in [0.2, 0.25) is 0 Å². The van der Waals surface area contributed by atoms with Crippen LogP contribution in [0.3, 0.4) is 0 Å². The molecule has 0 aliphatic heterocycles. The fourth-order valence-electron chi connectivity index (χ4n) is 1.60. The van der Waals surface area contributed by atoms with Gasteiger partial charge in [-0.15, -0.1) is 0 Å². The average Bonchev–Trinajstić information content (AvgIpc) is 2.33. The van der Waals surface area contributed by atoms with Gasteiger partial charge in [0, 0.05) is 12.1 Å². The second-order valence-corrected chi connectivity index (χ2v) is 4.38. The highest BCUT2D eigenvalue weighted by Crippen LogP contribution is 2.11. The van der Waals surface area contributed by atoms with Gasteiger partial charge >= 0.3 is 0 Å². The molecule has 1 amide bonds. The van der Waals surface area contributed by atoms with Crippen LogP contribution in [0.25, 0.3) is 0 Å². The van der Waals surface area contributed by atoms with E-state index in [0.29, 0.717) is 13.1 Å². The quantitative estimate of drug-likeness (QED) is 0.812. The standard InChI is InChI=1S/C13H18F2N2O/c1-9(5-6-16)8-17-12(18)7-10-3-2-4-11(14)13(10)15/h2-4,9H,5-8,16H2,1H3,(H,17,18). The molecule has 0 heterocycles. The fraction of sp³-hybridized carbons (Fsp3) is 0.462. The molecule has 3 N–H and O–H groups in total. The summed E-state index contributed by atoms with van der Waals surface area (Å²) in [6, 6.07) is 3.82. The van der Waals surface area contributed by atoms with E-state index in [0.717, 1.165) is 12.5 Å². The van der Waals surface area contributed by atoms with E-state index in [2.05, 4.69) is 5.32 Å². The molecule has 3 nitrogen and oxygen atoms in total. The van der Waals surface area contributed by atoms with Crippen molar-refractivity contribution in [3.05, 3.63) is 35.4 Å². The predicted molar refractivity (Wildman–Crippen MR) is 65.9 cm³/mol. The molecule has 1 aromatic carbocycles. The second-order valence-electron chi connectivity index (χ2n) is 4.38. The molecule has 0 aliphatic rings. The lowest BCUT2D eigenvalue weighted by molar-refractivity contribution is -0.120. The normalized spacial score (nSPS) is 12.2. The molecule has 0 bridgehead atoms. The van der Waals surface area contributed by atoms with Crippen molar-refractivity contribution in [2.45, 2.75) is 19.8 Å². The SMILES string of the molecule is CC(CCN)CNC(=O)Cc1cccc(F)c1F. The van der Waals surface area contributed by atoms with E-state index in [9.17, 15) is 13.6 Å².